The van der Waals surface area contributed by atoms with Crippen LogP contribution in [-0.4, -0.2) is 42.6 Å². The van der Waals surface area contributed by atoms with Crippen LogP contribution in [0.25, 0.3) is 10.9 Å². The Morgan fingerprint density at radius 1 is 1.40 bits per heavy atom. The van der Waals surface area contributed by atoms with E-state index in [0.29, 0.717) is 5.92 Å². The van der Waals surface area contributed by atoms with Crippen LogP contribution in [0.15, 0.2) is 35.9 Å². The lowest BCUT2D eigenvalue weighted by Crippen LogP contribution is -2.63. The summed E-state index contributed by atoms with van der Waals surface area (Å²) in [6, 6.07) is 8.34. The maximum Gasteiger partial charge on any atom is 0.319 e. The number of esters is 1. The summed E-state index contributed by atoms with van der Waals surface area (Å²) in [5.74, 6) is 0.262. The molecule has 1 fully saturated rings. The van der Waals surface area contributed by atoms with E-state index in [1.807, 2.05) is 12.1 Å². The van der Waals surface area contributed by atoms with Gasteiger partial charge < -0.3 is 9.72 Å². The zero-order chi connectivity index (χ0) is 17.8. The number of carbonyl (C=O) groups excluding carboxylic acids is 1. The van der Waals surface area contributed by atoms with Crippen LogP contribution in [0.5, 0.6) is 0 Å². The Morgan fingerprint density at radius 2 is 2.16 bits per heavy atom. The van der Waals surface area contributed by atoms with Gasteiger partial charge >= 0.3 is 5.97 Å². The van der Waals surface area contributed by atoms with E-state index < -0.39 is 5.41 Å². The van der Waals surface area contributed by atoms with Gasteiger partial charge in [-0.25, -0.2) is 0 Å². The highest BCUT2D eigenvalue weighted by atomic mass is 16.5. The smallest absolute Gasteiger partial charge is 0.319 e. The lowest BCUT2D eigenvalue weighted by Gasteiger charge is -2.53. The minimum absolute atomic E-state index is 0.0571. The number of rotatable bonds is 3. The molecule has 1 saturated heterocycles. The number of hydrogen-bond donors (Lipinski definition) is 1. The van der Waals surface area contributed by atoms with E-state index in [2.05, 4.69) is 49.0 Å². The molecule has 0 saturated carbocycles. The fourth-order valence-electron chi connectivity index (χ4n) is 5.30. The van der Waals surface area contributed by atoms with Crippen LogP contribution in [0.2, 0.25) is 0 Å². The number of H-pyrrole nitrogens is 1. The lowest BCUT2D eigenvalue weighted by molar-refractivity contribution is -0.153. The van der Waals surface area contributed by atoms with Crippen molar-refractivity contribution >= 4 is 16.9 Å². The molecule has 1 aromatic heterocycles. The molecule has 2 aromatic rings. The van der Waals surface area contributed by atoms with E-state index in [0.717, 1.165) is 36.2 Å². The second kappa shape index (κ2) is 5.73. The number of para-hydroxylation sites is 1. The molecule has 2 bridgehead atoms. The molecule has 0 amide bonds. The Morgan fingerprint density at radius 3 is 2.80 bits per heavy atom. The maximum absolute atomic E-state index is 13.2. The van der Waals surface area contributed by atoms with Gasteiger partial charge in [0.05, 0.1) is 13.2 Å². The van der Waals surface area contributed by atoms with Crippen molar-refractivity contribution in [3.63, 3.8) is 0 Å². The van der Waals surface area contributed by atoms with Gasteiger partial charge in [0.15, 0.2) is 0 Å². The number of benzene rings is 1. The molecular weight excluding hydrogens is 312 g/mol. The van der Waals surface area contributed by atoms with Gasteiger partial charge in [-0.1, -0.05) is 36.8 Å². The van der Waals surface area contributed by atoms with Gasteiger partial charge in [0, 0.05) is 23.1 Å². The second-order valence-electron chi connectivity index (χ2n) is 7.53. The molecular formula is C21H26N2O2. The van der Waals surface area contributed by atoms with Crippen molar-refractivity contribution in [1.29, 1.82) is 0 Å². The molecule has 3 heterocycles. The Balaban J connectivity index is 1.99. The number of nitrogens with zero attached hydrogens (tertiary/aromatic N) is 1. The minimum Gasteiger partial charge on any atom is -0.468 e. The highest BCUT2D eigenvalue weighted by Crippen LogP contribution is 2.50. The molecule has 3 aliphatic rings. The first kappa shape index (κ1) is 16.4. The molecule has 25 heavy (non-hydrogen) atoms. The monoisotopic (exact) mass is 338 g/mol. The van der Waals surface area contributed by atoms with Gasteiger partial charge in [0.25, 0.3) is 0 Å². The van der Waals surface area contributed by atoms with Crippen molar-refractivity contribution in [2.45, 2.75) is 38.1 Å². The Labute approximate surface area is 148 Å². The zero-order valence-electron chi connectivity index (χ0n) is 15.4. The van der Waals surface area contributed by atoms with E-state index in [1.165, 1.54) is 18.1 Å². The largest absolute Gasteiger partial charge is 0.468 e. The predicted molar refractivity (Wildman–Crippen MR) is 99.6 cm³/mol. The summed E-state index contributed by atoms with van der Waals surface area (Å²) >= 11 is 0. The maximum atomic E-state index is 13.2. The number of fused-ring (bicyclic) bond motifs is 3. The van der Waals surface area contributed by atoms with E-state index >= 15 is 0 Å². The number of aryl methyl sites for hydroxylation is 1. The summed E-state index contributed by atoms with van der Waals surface area (Å²) in [7, 11) is 3.65. The molecule has 132 valence electrons. The third kappa shape index (κ3) is 2.13. The summed E-state index contributed by atoms with van der Waals surface area (Å²) in [6.45, 7) is 5.31. The Hall–Kier alpha value is -2.07. The normalized spacial score (nSPS) is 29.0. The fourth-order valence-corrected chi connectivity index (χ4v) is 5.30. The highest BCUT2D eigenvalue weighted by Gasteiger charge is 2.58. The van der Waals surface area contributed by atoms with E-state index in [4.69, 9.17) is 4.74 Å². The summed E-state index contributed by atoms with van der Waals surface area (Å²) in [5.41, 5.74) is 3.98. The van der Waals surface area contributed by atoms with Crippen LogP contribution in [-0.2, 0) is 14.9 Å². The average molecular weight is 338 g/mol. The van der Waals surface area contributed by atoms with Crippen molar-refractivity contribution in [3.05, 3.63) is 47.2 Å². The van der Waals surface area contributed by atoms with Crippen molar-refractivity contribution in [3.8, 4) is 0 Å². The summed E-state index contributed by atoms with van der Waals surface area (Å²) < 4.78 is 5.38. The minimum atomic E-state index is -0.657. The molecule has 1 N–H and O–H groups in total. The molecule has 0 spiro atoms. The number of piperidine rings is 1. The molecule has 3 unspecified atom stereocenters. The van der Waals surface area contributed by atoms with Crippen LogP contribution >= 0.6 is 0 Å². The molecule has 2 aliphatic heterocycles. The number of carbonyl (C=O) groups is 1. The van der Waals surface area contributed by atoms with E-state index in [9.17, 15) is 4.79 Å². The standard InChI is InChI=1S/C21H26N2O2/c1-5-15-10-14-11-21(20(24)25-4,19(15)23(3)12-14)18-13(2)16-8-6-7-9-17(16)22-18/h6-10,14,19,22H,5,11-12H2,1-4H3. The number of likely N-dealkylation sites (N-methyl/N-ethyl adjacent to an activating group) is 1. The van der Waals surface area contributed by atoms with Crippen LogP contribution in [0.4, 0.5) is 0 Å². The third-order valence-electron chi connectivity index (χ3n) is 6.18. The quantitative estimate of drug-likeness (QED) is 0.687. The van der Waals surface area contributed by atoms with Gasteiger partial charge in [0.1, 0.15) is 5.41 Å². The van der Waals surface area contributed by atoms with E-state index in [1.54, 1.807) is 0 Å². The second-order valence-corrected chi connectivity index (χ2v) is 7.53. The number of ether oxygens (including phenoxy) is 1. The summed E-state index contributed by atoms with van der Waals surface area (Å²) in [6.07, 6.45) is 4.17. The number of aromatic amines is 1. The summed E-state index contributed by atoms with van der Waals surface area (Å²) in [5, 5.41) is 1.19. The SMILES string of the molecule is CCC1=CC2CN(C)C1C(C(=O)OC)(c1[nH]c3ccccc3c1C)C2. The molecule has 5 rings (SSSR count). The molecule has 4 heteroatoms. The Bertz CT molecular complexity index is 866. The lowest BCUT2D eigenvalue weighted by atomic mass is 9.60. The number of aromatic nitrogens is 1. The van der Waals surface area contributed by atoms with Gasteiger partial charge in [-0.2, -0.15) is 0 Å². The van der Waals surface area contributed by atoms with Crippen molar-refractivity contribution in [1.82, 2.24) is 9.88 Å². The number of nitrogens with one attached hydrogen (secondary N) is 1. The Kier molecular flexibility index (Phi) is 3.76. The first-order valence-electron chi connectivity index (χ1n) is 9.10. The van der Waals surface area contributed by atoms with Crippen molar-refractivity contribution in [2.24, 2.45) is 5.92 Å². The van der Waals surface area contributed by atoms with Crippen molar-refractivity contribution < 1.29 is 9.53 Å². The number of methoxy groups -OCH3 is 1. The fraction of sp³-hybridized carbons (Fsp3) is 0.476. The van der Waals surface area contributed by atoms with E-state index in [-0.39, 0.29) is 12.0 Å². The van der Waals surface area contributed by atoms with Gasteiger partial charge in [-0.05, 0) is 44.4 Å². The third-order valence-corrected chi connectivity index (χ3v) is 6.18. The van der Waals surface area contributed by atoms with Gasteiger partial charge in [-0.15, -0.1) is 0 Å². The van der Waals surface area contributed by atoms with Crippen LogP contribution in [0.3, 0.4) is 0 Å². The molecule has 3 atom stereocenters. The molecule has 0 radical (unpaired) electrons. The highest BCUT2D eigenvalue weighted by molar-refractivity contribution is 5.91. The zero-order valence-corrected chi connectivity index (χ0v) is 15.4. The molecule has 4 nitrogen and oxygen atoms in total. The van der Waals surface area contributed by atoms with Crippen LogP contribution in [0.1, 0.15) is 31.0 Å². The molecule has 1 aliphatic carbocycles. The van der Waals surface area contributed by atoms with Gasteiger partial charge in [-0.3, -0.25) is 9.69 Å². The average Bonchev–Trinajstić information content (AvgIpc) is 2.97. The molecule has 1 aromatic carbocycles. The predicted octanol–water partition coefficient (Wildman–Crippen LogP) is 3.56. The first-order chi connectivity index (χ1) is 12.0. The summed E-state index contributed by atoms with van der Waals surface area (Å²) in [4.78, 5) is 19.1. The first-order valence-corrected chi connectivity index (χ1v) is 9.10. The van der Waals surface area contributed by atoms with Gasteiger partial charge in [0.2, 0.25) is 0 Å². The van der Waals surface area contributed by atoms with Crippen LogP contribution in [0, 0.1) is 12.8 Å². The van der Waals surface area contributed by atoms with Crippen LogP contribution < -0.4 is 0 Å². The number of hydrogen-bond acceptors (Lipinski definition) is 3. The topological polar surface area (TPSA) is 45.3 Å². The van der Waals surface area contributed by atoms with Crippen molar-refractivity contribution in [2.75, 3.05) is 20.7 Å².